The van der Waals surface area contributed by atoms with Crippen LogP contribution < -0.4 is 4.74 Å². The maximum absolute atomic E-state index is 12.6. The fraction of sp³-hybridized carbons (Fsp3) is 0.111. The van der Waals surface area contributed by atoms with Gasteiger partial charge in [0.05, 0.1) is 19.2 Å². The van der Waals surface area contributed by atoms with Crippen LogP contribution in [0.3, 0.4) is 0 Å². The molecule has 0 atom stereocenters. The van der Waals surface area contributed by atoms with Crippen LogP contribution in [0.5, 0.6) is 5.75 Å². The number of hydrogen-bond donors (Lipinski definition) is 0. The third-order valence-electron chi connectivity index (χ3n) is 3.64. The van der Waals surface area contributed by atoms with Crippen LogP contribution in [0.15, 0.2) is 54.6 Å². The summed E-state index contributed by atoms with van der Waals surface area (Å²) in [5, 5.41) is 0.475. The van der Waals surface area contributed by atoms with Gasteiger partial charge in [0.2, 0.25) is 0 Å². The average Bonchev–Trinajstić information content (AvgIpc) is 2.84. The zero-order chi connectivity index (χ0) is 16.4. The number of imide groups is 1. The Kier molecular flexibility index (Phi) is 4.17. The topological polar surface area (TPSA) is 46.6 Å². The first-order chi connectivity index (χ1) is 11.1. The van der Waals surface area contributed by atoms with Crippen molar-refractivity contribution in [1.82, 2.24) is 4.90 Å². The number of hydrogen-bond acceptors (Lipinski definition) is 3. The van der Waals surface area contributed by atoms with E-state index in [0.29, 0.717) is 21.9 Å². The highest BCUT2D eigenvalue weighted by atomic mass is 35.5. The Bertz CT molecular complexity index is 799. The Morgan fingerprint density at radius 2 is 1.83 bits per heavy atom. The molecule has 4 nitrogen and oxygen atoms in total. The van der Waals surface area contributed by atoms with Crippen molar-refractivity contribution in [3.8, 4) is 5.75 Å². The lowest BCUT2D eigenvalue weighted by Gasteiger charge is -2.15. The van der Waals surface area contributed by atoms with Crippen LogP contribution in [0.25, 0.3) is 5.57 Å². The molecule has 0 saturated carbocycles. The molecule has 0 aromatic heterocycles. The number of ether oxygens (including phenoxy) is 1. The van der Waals surface area contributed by atoms with Crippen molar-refractivity contribution in [2.45, 2.75) is 6.54 Å². The maximum atomic E-state index is 12.6. The molecule has 0 aliphatic carbocycles. The number of benzene rings is 2. The van der Waals surface area contributed by atoms with Gasteiger partial charge in [0.15, 0.2) is 0 Å². The number of nitrogens with zero attached hydrogens (tertiary/aromatic N) is 1. The van der Waals surface area contributed by atoms with Gasteiger partial charge in [0.25, 0.3) is 11.8 Å². The van der Waals surface area contributed by atoms with Crippen LogP contribution in [-0.2, 0) is 16.1 Å². The first-order valence-corrected chi connectivity index (χ1v) is 7.43. The van der Waals surface area contributed by atoms with E-state index >= 15 is 0 Å². The molecule has 1 heterocycles. The van der Waals surface area contributed by atoms with Crippen molar-refractivity contribution in [3.63, 3.8) is 0 Å². The van der Waals surface area contributed by atoms with Crippen LogP contribution >= 0.6 is 11.6 Å². The molecule has 116 valence electrons. The van der Waals surface area contributed by atoms with E-state index in [-0.39, 0.29) is 18.4 Å². The van der Waals surface area contributed by atoms with E-state index in [2.05, 4.69) is 0 Å². The van der Waals surface area contributed by atoms with Gasteiger partial charge in [-0.15, -0.1) is 0 Å². The fourth-order valence-electron chi connectivity index (χ4n) is 2.51. The zero-order valence-corrected chi connectivity index (χ0v) is 13.2. The largest absolute Gasteiger partial charge is 0.496 e. The molecule has 1 aliphatic rings. The lowest BCUT2D eigenvalue weighted by molar-refractivity contribution is -0.137. The molecular formula is C18H14ClNO3. The van der Waals surface area contributed by atoms with E-state index in [0.717, 1.165) is 5.56 Å². The van der Waals surface area contributed by atoms with Gasteiger partial charge >= 0.3 is 0 Å². The first-order valence-electron chi connectivity index (χ1n) is 7.05. The summed E-state index contributed by atoms with van der Waals surface area (Å²) in [4.78, 5) is 26.1. The second-order valence-electron chi connectivity index (χ2n) is 5.12. The summed E-state index contributed by atoms with van der Waals surface area (Å²) < 4.78 is 5.27. The van der Waals surface area contributed by atoms with Crippen LogP contribution in [0, 0.1) is 0 Å². The van der Waals surface area contributed by atoms with Crippen molar-refractivity contribution in [2.75, 3.05) is 7.11 Å². The molecule has 2 aromatic carbocycles. The molecule has 0 spiro atoms. The molecule has 5 heteroatoms. The van der Waals surface area contributed by atoms with E-state index in [9.17, 15) is 9.59 Å². The molecule has 2 aromatic rings. The van der Waals surface area contributed by atoms with Gasteiger partial charge in [-0.1, -0.05) is 41.9 Å². The van der Waals surface area contributed by atoms with E-state index in [4.69, 9.17) is 16.3 Å². The van der Waals surface area contributed by atoms with Gasteiger partial charge in [-0.3, -0.25) is 14.5 Å². The second kappa shape index (κ2) is 6.26. The molecular weight excluding hydrogens is 314 g/mol. The minimum atomic E-state index is -0.348. The fourth-order valence-corrected chi connectivity index (χ4v) is 2.68. The van der Waals surface area contributed by atoms with Crippen LogP contribution in [-0.4, -0.2) is 23.8 Å². The lowest BCUT2D eigenvalue weighted by Crippen LogP contribution is -2.30. The van der Waals surface area contributed by atoms with Crippen molar-refractivity contribution in [3.05, 3.63) is 70.8 Å². The zero-order valence-electron chi connectivity index (χ0n) is 12.5. The molecule has 0 fully saturated rings. The summed E-state index contributed by atoms with van der Waals surface area (Å²) in [7, 11) is 1.51. The Morgan fingerprint density at radius 3 is 2.52 bits per heavy atom. The van der Waals surface area contributed by atoms with Crippen molar-refractivity contribution in [2.24, 2.45) is 0 Å². The molecule has 23 heavy (non-hydrogen) atoms. The van der Waals surface area contributed by atoms with Crippen molar-refractivity contribution >= 4 is 29.0 Å². The molecule has 0 radical (unpaired) electrons. The van der Waals surface area contributed by atoms with Crippen molar-refractivity contribution in [1.29, 1.82) is 0 Å². The number of methoxy groups -OCH3 is 1. The third-order valence-corrected chi connectivity index (χ3v) is 3.88. The molecule has 0 N–H and O–H groups in total. The standard InChI is InChI=1S/C18H14ClNO3/c1-23-16-8-7-13(19)9-14(16)15-10-17(21)20(18(15)22)11-12-5-3-2-4-6-12/h2-10H,11H2,1H3. The SMILES string of the molecule is COc1ccc(Cl)cc1C1=CC(=O)N(Cc2ccccc2)C1=O. The number of rotatable bonds is 4. The van der Waals surface area contributed by atoms with Gasteiger partial charge < -0.3 is 4.74 Å². The van der Waals surface area contributed by atoms with Gasteiger partial charge in [0.1, 0.15) is 5.75 Å². The van der Waals surface area contributed by atoms with Crippen LogP contribution in [0.4, 0.5) is 0 Å². The summed E-state index contributed by atoms with van der Waals surface area (Å²) >= 11 is 6.01. The van der Waals surface area contributed by atoms with Gasteiger partial charge in [-0.05, 0) is 23.8 Å². The third kappa shape index (κ3) is 2.98. The Morgan fingerprint density at radius 1 is 1.09 bits per heavy atom. The molecule has 0 unspecified atom stereocenters. The molecule has 2 amide bonds. The van der Waals surface area contributed by atoms with E-state index in [1.54, 1.807) is 18.2 Å². The van der Waals surface area contributed by atoms with Crippen LogP contribution in [0.2, 0.25) is 5.02 Å². The summed E-state index contributed by atoms with van der Waals surface area (Å²) in [6.45, 7) is 0.237. The summed E-state index contributed by atoms with van der Waals surface area (Å²) in [6, 6.07) is 14.4. The molecule has 0 bridgehead atoms. The smallest absolute Gasteiger partial charge is 0.261 e. The van der Waals surface area contributed by atoms with Gasteiger partial charge in [-0.25, -0.2) is 0 Å². The second-order valence-corrected chi connectivity index (χ2v) is 5.55. The minimum Gasteiger partial charge on any atom is -0.496 e. The summed E-state index contributed by atoms with van der Waals surface area (Å²) in [5.74, 6) is -0.182. The Hall–Kier alpha value is -2.59. The van der Waals surface area contributed by atoms with E-state index in [1.807, 2.05) is 30.3 Å². The highest BCUT2D eigenvalue weighted by molar-refractivity contribution is 6.35. The predicted molar refractivity (Wildman–Crippen MR) is 88.0 cm³/mol. The minimum absolute atomic E-state index is 0.237. The first kappa shape index (κ1) is 15.3. The molecule has 1 aliphatic heterocycles. The van der Waals surface area contributed by atoms with E-state index in [1.165, 1.54) is 18.1 Å². The van der Waals surface area contributed by atoms with Gasteiger partial charge in [0, 0.05) is 16.7 Å². The predicted octanol–water partition coefficient (Wildman–Crippen LogP) is 3.30. The molecule has 0 saturated heterocycles. The lowest BCUT2D eigenvalue weighted by atomic mass is 10.1. The number of carbonyl (C=O) groups excluding carboxylic acids is 2. The van der Waals surface area contributed by atoms with Crippen molar-refractivity contribution < 1.29 is 14.3 Å². The Balaban J connectivity index is 1.92. The normalized spacial score (nSPS) is 14.2. The van der Waals surface area contributed by atoms with Gasteiger partial charge in [-0.2, -0.15) is 0 Å². The Labute approximate surface area is 138 Å². The average molecular weight is 328 g/mol. The quantitative estimate of drug-likeness (QED) is 0.809. The molecule has 3 rings (SSSR count). The number of amides is 2. The van der Waals surface area contributed by atoms with Crippen LogP contribution in [0.1, 0.15) is 11.1 Å². The highest BCUT2D eigenvalue weighted by Gasteiger charge is 2.33. The number of halogens is 1. The maximum Gasteiger partial charge on any atom is 0.261 e. The highest BCUT2D eigenvalue weighted by Crippen LogP contribution is 2.33. The summed E-state index contributed by atoms with van der Waals surface area (Å²) in [6.07, 6.45) is 1.33. The number of carbonyl (C=O) groups is 2. The monoisotopic (exact) mass is 327 g/mol. The summed E-state index contributed by atoms with van der Waals surface area (Å²) in [5.41, 5.74) is 1.71. The van der Waals surface area contributed by atoms with E-state index < -0.39 is 0 Å².